The minimum absolute atomic E-state index is 0.0980. The number of amides is 1. The largest absolute Gasteiger partial charge is 0.486 e. The Balaban J connectivity index is 1.68. The lowest BCUT2D eigenvalue weighted by Gasteiger charge is -2.30. The van der Waals surface area contributed by atoms with Crippen molar-refractivity contribution in [3.63, 3.8) is 0 Å². The Kier molecular flexibility index (Phi) is 4.67. The van der Waals surface area contributed by atoms with Crippen molar-refractivity contribution in [2.24, 2.45) is 0 Å². The van der Waals surface area contributed by atoms with Crippen LogP contribution in [0.4, 0.5) is 0 Å². The van der Waals surface area contributed by atoms with Crippen LogP contribution in [-0.2, 0) is 0 Å². The Morgan fingerprint density at radius 2 is 2.09 bits per heavy atom. The minimum Gasteiger partial charge on any atom is -0.486 e. The van der Waals surface area contributed by atoms with Crippen molar-refractivity contribution in [3.05, 3.63) is 53.3 Å². The SMILES string of the molecule is CCN(CC1COc2ccccc2O1)C(=O)c1ccc(Cl)nc1. The molecule has 1 aromatic carbocycles. The quantitative estimate of drug-likeness (QED) is 0.808. The highest BCUT2D eigenvalue weighted by atomic mass is 35.5. The van der Waals surface area contributed by atoms with E-state index in [2.05, 4.69) is 4.98 Å². The maximum absolute atomic E-state index is 12.6. The zero-order chi connectivity index (χ0) is 16.2. The third kappa shape index (κ3) is 3.56. The first-order chi connectivity index (χ1) is 11.2. The van der Waals surface area contributed by atoms with Crippen molar-refractivity contribution >= 4 is 17.5 Å². The van der Waals surface area contributed by atoms with Gasteiger partial charge in [0.05, 0.1) is 12.1 Å². The van der Waals surface area contributed by atoms with Gasteiger partial charge in [0.25, 0.3) is 5.91 Å². The number of para-hydroxylation sites is 2. The van der Waals surface area contributed by atoms with Crippen LogP contribution < -0.4 is 9.47 Å². The van der Waals surface area contributed by atoms with E-state index in [1.807, 2.05) is 31.2 Å². The van der Waals surface area contributed by atoms with E-state index in [1.165, 1.54) is 6.20 Å². The normalized spacial score (nSPS) is 16.0. The number of rotatable bonds is 4. The number of carbonyl (C=O) groups is 1. The van der Waals surface area contributed by atoms with E-state index in [-0.39, 0.29) is 12.0 Å². The number of halogens is 1. The van der Waals surface area contributed by atoms with Crippen LogP contribution in [-0.4, -0.2) is 41.6 Å². The van der Waals surface area contributed by atoms with Crippen LogP contribution >= 0.6 is 11.6 Å². The first-order valence-corrected chi connectivity index (χ1v) is 7.84. The van der Waals surface area contributed by atoms with Crippen LogP contribution in [0.2, 0.25) is 5.15 Å². The summed E-state index contributed by atoms with van der Waals surface area (Å²) in [5.74, 6) is 1.35. The van der Waals surface area contributed by atoms with Gasteiger partial charge in [-0.05, 0) is 31.2 Å². The van der Waals surface area contributed by atoms with Gasteiger partial charge in [-0.1, -0.05) is 23.7 Å². The summed E-state index contributed by atoms with van der Waals surface area (Å²) >= 11 is 5.76. The van der Waals surface area contributed by atoms with E-state index < -0.39 is 0 Å². The Morgan fingerprint density at radius 1 is 1.30 bits per heavy atom. The topological polar surface area (TPSA) is 51.7 Å². The average molecular weight is 333 g/mol. The van der Waals surface area contributed by atoms with Crippen molar-refractivity contribution in [1.82, 2.24) is 9.88 Å². The molecule has 2 heterocycles. The number of pyridine rings is 1. The molecule has 0 radical (unpaired) electrons. The summed E-state index contributed by atoms with van der Waals surface area (Å²) in [5, 5.41) is 0.366. The summed E-state index contributed by atoms with van der Waals surface area (Å²) in [6.07, 6.45) is 1.29. The molecule has 2 aromatic rings. The molecule has 0 N–H and O–H groups in total. The van der Waals surface area contributed by atoms with Gasteiger partial charge in [-0.2, -0.15) is 0 Å². The number of aromatic nitrogens is 1. The van der Waals surface area contributed by atoms with Gasteiger partial charge in [0, 0.05) is 12.7 Å². The lowest BCUT2D eigenvalue weighted by molar-refractivity contribution is 0.0474. The summed E-state index contributed by atoms with van der Waals surface area (Å²) in [4.78, 5) is 18.2. The highest BCUT2D eigenvalue weighted by Crippen LogP contribution is 2.31. The van der Waals surface area contributed by atoms with E-state index in [1.54, 1.807) is 17.0 Å². The number of nitrogens with zero attached hydrogens (tertiary/aromatic N) is 2. The van der Waals surface area contributed by atoms with Crippen molar-refractivity contribution < 1.29 is 14.3 Å². The van der Waals surface area contributed by atoms with Gasteiger partial charge in [-0.25, -0.2) is 4.98 Å². The van der Waals surface area contributed by atoms with Crippen LogP contribution in [0.1, 0.15) is 17.3 Å². The Labute approximate surface area is 139 Å². The van der Waals surface area contributed by atoms with Crippen LogP contribution in [0, 0.1) is 0 Å². The van der Waals surface area contributed by atoms with E-state index >= 15 is 0 Å². The van der Waals surface area contributed by atoms with E-state index in [0.717, 1.165) is 5.75 Å². The molecule has 6 heteroatoms. The highest BCUT2D eigenvalue weighted by molar-refractivity contribution is 6.29. The van der Waals surface area contributed by atoms with Gasteiger partial charge in [-0.3, -0.25) is 4.79 Å². The number of hydrogen-bond donors (Lipinski definition) is 0. The summed E-state index contributed by atoms with van der Waals surface area (Å²) in [7, 11) is 0. The maximum Gasteiger partial charge on any atom is 0.255 e. The number of ether oxygens (including phenoxy) is 2. The standard InChI is InChI=1S/C17H17ClN2O3/c1-2-20(17(21)12-7-8-16(18)19-9-12)10-13-11-22-14-5-3-4-6-15(14)23-13/h3-9,13H,2,10-11H2,1H3. The lowest BCUT2D eigenvalue weighted by atomic mass is 10.2. The maximum atomic E-state index is 12.6. The number of benzene rings is 1. The van der Waals surface area contributed by atoms with Crippen LogP contribution in [0.25, 0.3) is 0 Å². The molecule has 120 valence electrons. The Bertz CT molecular complexity index is 690. The van der Waals surface area contributed by atoms with Gasteiger partial charge in [-0.15, -0.1) is 0 Å². The molecule has 0 saturated carbocycles. The van der Waals surface area contributed by atoms with Crippen molar-refractivity contribution in [3.8, 4) is 11.5 Å². The molecule has 0 saturated heterocycles. The molecule has 0 fully saturated rings. The molecule has 1 aliphatic heterocycles. The molecule has 5 nitrogen and oxygen atoms in total. The fraction of sp³-hybridized carbons (Fsp3) is 0.294. The fourth-order valence-electron chi connectivity index (χ4n) is 2.44. The van der Waals surface area contributed by atoms with E-state index in [0.29, 0.717) is 36.2 Å². The summed E-state index contributed by atoms with van der Waals surface area (Å²) in [5.41, 5.74) is 0.508. The molecule has 1 atom stereocenters. The summed E-state index contributed by atoms with van der Waals surface area (Å²) in [6.45, 7) is 3.37. The van der Waals surface area contributed by atoms with Crippen LogP contribution in [0.3, 0.4) is 0 Å². The second-order valence-corrected chi connectivity index (χ2v) is 5.60. The number of hydrogen-bond acceptors (Lipinski definition) is 4. The summed E-state index contributed by atoms with van der Waals surface area (Å²) < 4.78 is 11.6. The summed E-state index contributed by atoms with van der Waals surface area (Å²) in [6, 6.07) is 10.8. The van der Waals surface area contributed by atoms with Gasteiger partial charge in [0.1, 0.15) is 11.8 Å². The van der Waals surface area contributed by atoms with Gasteiger partial charge in [0.2, 0.25) is 0 Å². The zero-order valence-electron chi connectivity index (χ0n) is 12.7. The third-order valence-corrected chi connectivity index (χ3v) is 3.86. The predicted molar refractivity (Wildman–Crippen MR) is 87.2 cm³/mol. The monoisotopic (exact) mass is 332 g/mol. The minimum atomic E-state index is -0.200. The predicted octanol–water partition coefficient (Wildman–Crippen LogP) is 3.04. The Morgan fingerprint density at radius 3 is 2.78 bits per heavy atom. The molecule has 0 aliphatic carbocycles. The smallest absolute Gasteiger partial charge is 0.255 e. The molecule has 3 rings (SSSR count). The average Bonchev–Trinajstić information content (AvgIpc) is 2.59. The van der Waals surface area contributed by atoms with Crippen molar-refractivity contribution in [1.29, 1.82) is 0 Å². The van der Waals surface area contributed by atoms with Gasteiger partial charge >= 0.3 is 0 Å². The molecule has 23 heavy (non-hydrogen) atoms. The lowest BCUT2D eigenvalue weighted by Crippen LogP contribution is -2.43. The van der Waals surface area contributed by atoms with Crippen LogP contribution in [0.15, 0.2) is 42.6 Å². The second kappa shape index (κ2) is 6.87. The first-order valence-electron chi connectivity index (χ1n) is 7.46. The zero-order valence-corrected chi connectivity index (χ0v) is 13.5. The molecule has 1 unspecified atom stereocenters. The van der Waals surface area contributed by atoms with Gasteiger partial charge in [0.15, 0.2) is 17.6 Å². The van der Waals surface area contributed by atoms with E-state index in [9.17, 15) is 4.79 Å². The number of likely N-dealkylation sites (N-methyl/N-ethyl adjacent to an activating group) is 1. The third-order valence-electron chi connectivity index (χ3n) is 3.63. The van der Waals surface area contributed by atoms with Gasteiger partial charge < -0.3 is 14.4 Å². The number of fused-ring (bicyclic) bond motifs is 1. The molecule has 0 bridgehead atoms. The molecule has 0 spiro atoms. The molecular formula is C17H17ClN2O3. The molecular weight excluding hydrogens is 316 g/mol. The highest BCUT2D eigenvalue weighted by Gasteiger charge is 2.25. The second-order valence-electron chi connectivity index (χ2n) is 5.21. The number of carbonyl (C=O) groups excluding carboxylic acids is 1. The molecule has 1 amide bonds. The van der Waals surface area contributed by atoms with Crippen LogP contribution in [0.5, 0.6) is 11.5 Å². The molecule has 1 aliphatic rings. The van der Waals surface area contributed by atoms with Crippen molar-refractivity contribution in [2.45, 2.75) is 13.0 Å². The molecule has 1 aromatic heterocycles. The van der Waals surface area contributed by atoms with E-state index in [4.69, 9.17) is 21.1 Å². The first kappa shape index (κ1) is 15.6. The fourth-order valence-corrected chi connectivity index (χ4v) is 2.55. The van der Waals surface area contributed by atoms with Crippen molar-refractivity contribution in [2.75, 3.05) is 19.7 Å². The Hall–Kier alpha value is -2.27.